The number of aromatic nitrogens is 4. The molecule has 6 heteroatoms. The molecular weight excluding hydrogens is 300 g/mol. The number of hydrogen-bond acceptors (Lipinski definition) is 3. The van der Waals surface area contributed by atoms with Crippen LogP contribution in [0.4, 0.5) is 0 Å². The van der Waals surface area contributed by atoms with Gasteiger partial charge in [0.2, 0.25) is 0 Å². The first kappa shape index (κ1) is 14.8. The minimum Gasteiger partial charge on any atom is -0.275 e. The van der Waals surface area contributed by atoms with Crippen molar-refractivity contribution >= 4 is 17.4 Å². The van der Waals surface area contributed by atoms with Gasteiger partial charge in [-0.05, 0) is 31.0 Å². The zero-order valence-electron chi connectivity index (χ0n) is 12.6. The third kappa shape index (κ3) is 2.76. The van der Waals surface area contributed by atoms with Crippen molar-refractivity contribution in [3.8, 4) is 0 Å². The Morgan fingerprint density at radius 3 is 2.64 bits per heavy atom. The summed E-state index contributed by atoms with van der Waals surface area (Å²) in [5.74, 6) is 1.22. The molecule has 5 nitrogen and oxygen atoms in total. The van der Waals surface area contributed by atoms with Crippen LogP contribution >= 0.6 is 11.6 Å². The number of benzene rings is 1. The number of nitrogens with one attached hydrogen (secondary N) is 1. The summed E-state index contributed by atoms with van der Waals surface area (Å²) >= 11 is 5.90. The van der Waals surface area contributed by atoms with Crippen molar-refractivity contribution in [2.75, 3.05) is 0 Å². The fourth-order valence-electron chi connectivity index (χ4n) is 2.46. The van der Waals surface area contributed by atoms with Gasteiger partial charge in [-0.2, -0.15) is 9.50 Å². The molecule has 2 heterocycles. The first-order valence-corrected chi connectivity index (χ1v) is 7.68. The lowest BCUT2D eigenvalue weighted by Crippen LogP contribution is -2.22. The highest BCUT2D eigenvalue weighted by Crippen LogP contribution is 2.13. The van der Waals surface area contributed by atoms with E-state index in [2.05, 4.69) is 22.0 Å². The highest BCUT2D eigenvalue weighted by Gasteiger charge is 2.13. The Morgan fingerprint density at radius 2 is 1.95 bits per heavy atom. The van der Waals surface area contributed by atoms with Gasteiger partial charge in [0.1, 0.15) is 5.82 Å². The maximum atomic E-state index is 12.7. The average molecular weight is 317 g/mol. The number of fused-ring (bicyclic) bond motifs is 1. The number of hydrogen-bond donors (Lipinski definition) is 1. The fraction of sp³-hybridized carbons (Fsp3) is 0.312. The maximum absolute atomic E-state index is 12.7. The summed E-state index contributed by atoms with van der Waals surface area (Å²) in [4.78, 5) is 21.5. The number of nitrogens with zero attached hydrogens (tertiary/aromatic N) is 3. The molecule has 0 aliphatic rings. The smallest absolute Gasteiger partial charge is 0.275 e. The molecule has 0 aliphatic heterocycles. The number of H-pyrrole nitrogens is 1. The average Bonchev–Trinajstić information content (AvgIpc) is 2.88. The normalized spacial score (nSPS) is 11.2. The van der Waals surface area contributed by atoms with Gasteiger partial charge in [0.15, 0.2) is 0 Å². The van der Waals surface area contributed by atoms with Crippen molar-refractivity contribution in [1.82, 2.24) is 19.6 Å². The van der Waals surface area contributed by atoms with E-state index in [4.69, 9.17) is 11.6 Å². The molecule has 0 atom stereocenters. The van der Waals surface area contributed by atoms with E-state index in [1.165, 1.54) is 4.52 Å². The van der Waals surface area contributed by atoms with Crippen molar-refractivity contribution in [1.29, 1.82) is 0 Å². The summed E-state index contributed by atoms with van der Waals surface area (Å²) < 4.78 is 1.43. The van der Waals surface area contributed by atoms with Gasteiger partial charge in [-0.1, -0.05) is 30.7 Å². The van der Waals surface area contributed by atoms with Crippen LogP contribution in [0.25, 0.3) is 5.78 Å². The predicted octanol–water partition coefficient (Wildman–Crippen LogP) is 2.92. The van der Waals surface area contributed by atoms with Crippen molar-refractivity contribution in [3.05, 3.63) is 62.3 Å². The quantitative estimate of drug-likeness (QED) is 0.805. The first-order chi connectivity index (χ1) is 10.6. The largest absolute Gasteiger partial charge is 0.277 e. The summed E-state index contributed by atoms with van der Waals surface area (Å²) in [6.45, 7) is 3.92. The van der Waals surface area contributed by atoms with Crippen LogP contribution < -0.4 is 5.56 Å². The van der Waals surface area contributed by atoms with E-state index in [1.807, 2.05) is 31.2 Å². The summed E-state index contributed by atoms with van der Waals surface area (Å²) in [5, 5.41) is 3.72. The summed E-state index contributed by atoms with van der Waals surface area (Å²) in [5.41, 5.74) is 2.33. The molecule has 3 rings (SSSR count). The van der Waals surface area contributed by atoms with Crippen LogP contribution in [-0.2, 0) is 12.8 Å². The molecular formula is C16H17ClN4O. The fourth-order valence-corrected chi connectivity index (χ4v) is 2.58. The zero-order chi connectivity index (χ0) is 15.7. The van der Waals surface area contributed by atoms with E-state index in [0.29, 0.717) is 22.8 Å². The molecule has 2 aromatic heterocycles. The molecule has 22 heavy (non-hydrogen) atoms. The van der Waals surface area contributed by atoms with E-state index < -0.39 is 0 Å². The molecule has 0 amide bonds. The van der Waals surface area contributed by atoms with E-state index in [0.717, 1.165) is 29.9 Å². The summed E-state index contributed by atoms with van der Waals surface area (Å²) in [6.07, 6.45) is 2.29. The number of rotatable bonds is 4. The first-order valence-electron chi connectivity index (χ1n) is 7.30. The summed E-state index contributed by atoms with van der Waals surface area (Å²) in [6, 6.07) is 7.49. The second-order valence-electron chi connectivity index (χ2n) is 5.34. The van der Waals surface area contributed by atoms with Gasteiger partial charge in [0, 0.05) is 23.4 Å². The van der Waals surface area contributed by atoms with Crippen LogP contribution in [0.5, 0.6) is 0 Å². The monoisotopic (exact) mass is 316 g/mol. The standard InChI is InChI=1S/C16H17ClN4O/c1-3-4-14-19-16-18-10(2)13(15(22)21(16)20-14)9-11-5-7-12(17)8-6-11/h5-8H,3-4,9H2,1-2H3,(H,18,19,20). The minimum absolute atomic E-state index is 0.0905. The van der Waals surface area contributed by atoms with Gasteiger partial charge in [0.05, 0.1) is 5.69 Å². The number of halogens is 1. The lowest BCUT2D eigenvalue weighted by Gasteiger charge is -2.05. The summed E-state index contributed by atoms with van der Waals surface area (Å²) in [7, 11) is 0. The van der Waals surface area contributed by atoms with Crippen molar-refractivity contribution < 1.29 is 0 Å². The van der Waals surface area contributed by atoms with Crippen molar-refractivity contribution in [2.24, 2.45) is 0 Å². The van der Waals surface area contributed by atoms with Crippen LogP contribution in [-0.4, -0.2) is 19.6 Å². The Kier molecular flexibility index (Phi) is 3.98. The Bertz CT molecular complexity index is 864. The topological polar surface area (TPSA) is 63.1 Å². The van der Waals surface area contributed by atoms with Crippen molar-refractivity contribution in [2.45, 2.75) is 33.1 Å². The third-order valence-corrected chi connectivity index (χ3v) is 3.87. The molecule has 0 unspecified atom stereocenters. The second-order valence-corrected chi connectivity index (χ2v) is 5.78. The molecule has 0 radical (unpaired) electrons. The highest BCUT2D eigenvalue weighted by molar-refractivity contribution is 6.30. The van der Waals surface area contributed by atoms with Gasteiger partial charge in [-0.3, -0.25) is 9.89 Å². The van der Waals surface area contributed by atoms with E-state index in [9.17, 15) is 4.79 Å². The van der Waals surface area contributed by atoms with Gasteiger partial charge in [0.25, 0.3) is 11.3 Å². The third-order valence-electron chi connectivity index (χ3n) is 3.62. The van der Waals surface area contributed by atoms with Gasteiger partial charge in [-0.15, -0.1) is 0 Å². The Labute approximate surface area is 133 Å². The Morgan fingerprint density at radius 1 is 1.23 bits per heavy atom. The number of aromatic amines is 1. The Balaban J connectivity index is 2.05. The van der Waals surface area contributed by atoms with E-state index >= 15 is 0 Å². The molecule has 1 aromatic carbocycles. The minimum atomic E-state index is -0.0905. The molecule has 0 spiro atoms. The SMILES string of the molecule is CCCc1nc2nc(C)c(Cc3ccc(Cl)cc3)c(=O)n2[nH]1. The molecule has 3 aromatic rings. The van der Waals surface area contributed by atoms with Gasteiger partial charge >= 0.3 is 0 Å². The predicted molar refractivity (Wildman–Crippen MR) is 86.6 cm³/mol. The molecule has 0 fully saturated rings. The highest BCUT2D eigenvalue weighted by atomic mass is 35.5. The van der Waals surface area contributed by atoms with Crippen LogP contribution in [0.3, 0.4) is 0 Å². The molecule has 0 saturated heterocycles. The van der Waals surface area contributed by atoms with Crippen LogP contribution in [0.15, 0.2) is 29.1 Å². The molecule has 114 valence electrons. The van der Waals surface area contributed by atoms with Gasteiger partial charge < -0.3 is 0 Å². The lowest BCUT2D eigenvalue weighted by molar-refractivity contribution is 0.797. The van der Waals surface area contributed by atoms with Crippen LogP contribution in [0.1, 0.15) is 36.0 Å². The van der Waals surface area contributed by atoms with Crippen LogP contribution in [0, 0.1) is 6.92 Å². The second kappa shape index (κ2) is 5.93. The zero-order valence-corrected chi connectivity index (χ0v) is 13.3. The molecule has 0 aliphatic carbocycles. The van der Waals surface area contributed by atoms with Crippen molar-refractivity contribution in [3.63, 3.8) is 0 Å². The van der Waals surface area contributed by atoms with E-state index in [1.54, 1.807) is 0 Å². The molecule has 0 saturated carbocycles. The maximum Gasteiger partial charge on any atom is 0.277 e. The molecule has 0 bridgehead atoms. The molecule has 1 N–H and O–H groups in total. The lowest BCUT2D eigenvalue weighted by atomic mass is 10.1. The van der Waals surface area contributed by atoms with Crippen LogP contribution in [0.2, 0.25) is 5.02 Å². The number of aryl methyl sites for hydroxylation is 2. The Hall–Kier alpha value is -2.14. The van der Waals surface area contributed by atoms with Gasteiger partial charge in [-0.25, -0.2) is 4.98 Å². The van der Waals surface area contributed by atoms with E-state index in [-0.39, 0.29) is 5.56 Å².